The number of sulfonamides is 1. The van der Waals surface area contributed by atoms with Crippen molar-refractivity contribution >= 4 is 10.0 Å². The summed E-state index contributed by atoms with van der Waals surface area (Å²) < 4.78 is 27.4. The molecule has 3 N–H and O–H groups in total. The van der Waals surface area contributed by atoms with Crippen molar-refractivity contribution in [2.24, 2.45) is 5.73 Å². The molecule has 0 aliphatic carbocycles. The monoisotopic (exact) mass is 313 g/mol. The van der Waals surface area contributed by atoms with E-state index in [0.29, 0.717) is 18.0 Å². The van der Waals surface area contributed by atoms with Gasteiger partial charge in [-0.15, -0.1) is 0 Å². The van der Waals surface area contributed by atoms with Crippen molar-refractivity contribution < 1.29 is 8.42 Å². The average Bonchev–Trinajstić information content (AvgIpc) is 2.37. The predicted molar refractivity (Wildman–Crippen MR) is 86.8 cm³/mol. The van der Waals surface area contributed by atoms with Crippen LogP contribution in [0.4, 0.5) is 0 Å². The molecule has 0 radical (unpaired) electrons. The number of benzene rings is 1. The van der Waals surface area contributed by atoms with Gasteiger partial charge in [0.15, 0.2) is 0 Å². The van der Waals surface area contributed by atoms with Crippen LogP contribution in [-0.4, -0.2) is 40.5 Å². The van der Waals surface area contributed by atoms with E-state index in [1.807, 2.05) is 34.0 Å². The van der Waals surface area contributed by atoms with Gasteiger partial charge in [0.2, 0.25) is 10.0 Å². The number of nitrogens with zero attached hydrogens (tertiary/aromatic N) is 1. The lowest BCUT2D eigenvalue weighted by Crippen LogP contribution is -2.26. The summed E-state index contributed by atoms with van der Waals surface area (Å²) in [5, 5.41) is 0. The van der Waals surface area contributed by atoms with E-state index >= 15 is 0 Å². The third kappa shape index (κ3) is 5.39. The fourth-order valence-corrected chi connectivity index (χ4v) is 3.57. The number of hydrogen-bond acceptors (Lipinski definition) is 4. The Kier molecular flexibility index (Phi) is 6.80. The van der Waals surface area contributed by atoms with Crippen molar-refractivity contribution in [3.63, 3.8) is 0 Å². The van der Waals surface area contributed by atoms with Crippen molar-refractivity contribution in [1.82, 2.24) is 9.62 Å². The number of nitrogens with two attached hydrogens (primary N) is 1. The van der Waals surface area contributed by atoms with Gasteiger partial charge in [-0.25, -0.2) is 13.1 Å². The molecule has 0 amide bonds. The molecule has 0 aliphatic heterocycles. The number of nitrogens with one attached hydrogen (secondary N) is 1. The molecule has 0 aromatic heterocycles. The Balaban J connectivity index is 2.74. The lowest BCUT2D eigenvalue weighted by molar-refractivity contribution is 0.394. The Hall–Kier alpha value is -0.950. The Morgan fingerprint density at radius 1 is 1.14 bits per heavy atom. The van der Waals surface area contributed by atoms with Gasteiger partial charge in [-0.1, -0.05) is 6.07 Å². The zero-order valence-electron chi connectivity index (χ0n) is 13.4. The summed E-state index contributed by atoms with van der Waals surface area (Å²) in [5.74, 6) is 0. The Labute approximate surface area is 128 Å². The zero-order chi connectivity index (χ0) is 16.0. The first-order chi connectivity index (χ1) is 9.77. The lowest BCUT2D eigenvalue weighted by Gasteiger charge is -2.13. The van der Waals surface area contributed by atoms with E-state index in [9.17, 15) is 8.42 Å². The van der Waals surface area contributed by atoms with Crippen LogP contribution < -0.4 is 10.5 Å². The summed E-state index contributed by atoms with van der Waals surface area (Å²) in [7, 11) is 0.556. The van der Waals surface area contributed by atoms with E-state index in [1.165, 1.54) is 0 Å². The summed E-state index contributed by atoms with van der Waals surface area (Å²) in [4.78, 5) is 2.42. The molecule has 0 unspecified atom stereocenters. The minimum atomic E-state index is -3.46. The molecule has 0 spiro atoms. The first-order valence-electron chi connectivity index (χ1n) is 7.22. The summed E-state index contributed by atoms with van der Waals surface area (Å²) in [6.07, 6.45) is 1.79. The second-order valence-corrected chi connectivity index (χ2v) is 7.39. The predicted octanol–water partition coefficient (Wildman–Crippen LogP) is 1.38. The molecule has 1 rings (SSSR count). The van der Waals surface area contributed by atoms with Crippen molar-refractivity contribution in [2.45, 2.75) is 38.1 Å². The molecule has 21 heavy (non-hydrogen) atoms. The number of hydrogen-bond donors (Lipinski definition) is 2. The third-order valence-electron chi connectivity index (χ3n) is 3.47. The Morgan fingerprint density at radius 3 is 2.38 bits per heavy atom. The van der Waals surface area contributed by atoms with Gasteiger partial charge in [0.1, 0.15) is 0 Å². The molecule has 5 nitrogen and oxygen atoms in total. The van der Waals surface area contributed by atoms with Crippen LogP contribution in [0.5, 0.6) is 0 Å². The van der Waals surface area contributed by atoms with Gasteiger partial charge in [-0.05, 0) is 70.1 Å². The quantitative estimate of drug-likeness (QED) is 0.711. The van der Waals surface area contributed by atoms with Gasteiger partial charge < -0.3 is 10.6 Å². The minimum absolute atomic E-state index is 0.334. The van der Waals surface area contributed by atoms with Crippen molar-refractivity contribution in [1.29, 1.82) is 0 Å². The van der Waals surface area contributed by atoms with Gasteiger partial charge >= 0.3 is 0 Å². The second kappa shape index (κ2) is 7.89. The molecule has 0 fully saturated rings. The molecule has 0 saturated heterocycles. The Bertz CT molecular complexity index is 569. The maximum Gasteiger partial charge on any atom is 0.240 e. The van der Waals surface area contributed by atoms with E-state index in [4.69, 9.17) is 5.73 Å². The molecule has 120 valence electrons. The first-order valence-corrected chi connectivity index (χ1v) is 8.71. The van der Waals surface area contributed by atoms with Crippen LogP contribution in [0.15, 0.2) is 17.0 Å². The molecule has 6 heteroatoms. The highest BCUT2D eigenvalue weighted by Gasteiger charge is 2.17. The normalized spacial score (nSPS) is 12.1. The molecule has 0 saturated carbocycles. The van der Waals surface area contributed by atoms with Crippen LogP contribution in [0.2, 0.25) is 0 Å². The van der Waals surface area contributed by atoms with Crippen molar-refractivity contribution in [2.75, 3.05) is 27.2 Å². The van der Waals surface area contributed by atoms with Gasteiger partial charge in [0.25, 0.3) is 0 Å². The summed E-state index contributed by atoms with van der Waals surface area (Å²) in [6.45, 7) is 5.52. The molecule has 1 aromatic carbocycles. The minimum Gasteiger partial charge on any atom is -0.326 e. The van der Waals surface area contributed by atoms with E-state index in [-0.39, 0.29) is 0 Å². The van der Waals surface area contributed by atoms with Crippen molar-refractivity contribution in [3.8, 4) is 0 Å². The summed E-state index contributed by atoms with van der Waals surface area (Å²) in [6, 6.07) is 3.57. The molecular formula is C15H27N3O2S. The van der Waals surface area contributed by atoms with Crippen LogP contribution in [0.1, 0.15) is 29.5 Å². The number of unbranched alkanes of at least 4 members (excludes halogenated alkanes) is 1. The highest BCUT2D eigenvalue weighted by atomic mass is 32.2. The van der Waals surface area contributed by atoms with E-state index < -0.39 is 10.0 Å². The van der Waals surface area contributed by atoms with E-state index in [2.05, 4.69) is 9.62 Å². The highest BCUT2D eigenvalue weighted by molar-refractivity contribution is 7.89. The van der Waals surface area contributed by atoms with Gasteiger partial charge in [-0.3, -0.25) is 0 Å². The standard InChI is InChI=1S/C15H27N3O2S/c1-12-9-13(2)15(10-14(12)11-16)21(19,20)17-7-5-6-8-18(3)4/h9-10,17H,5-8,11,16H2,1-4H3. The largest absolute Gasteiger partial charge is 0.326 e. The molecular weight excluding hydrogens is 286 g/mol. The molecule has 0 bridgehead atoms. The molecule has 1 aromatic rings. The smallest absolute Gasteiger partial charge is 0.240 e. The molecule has 0 atom stereocenters. The summed E-state index contributed by atoms with van der Waals surface area (Å²) in [5.41, 5.74) is 8.31. The van der Waals surface area contributed by atoms with Gasteiger partial charge in [0.05, 0.1) is 4.90 Å². The second-order valence-electron chi connectivity index (χ2n) is 5.66. The van der Waals surface area contributed by atoms with Crippen LogP contribution in [0.3, 0.4) is 0 Å². The maximum absolute atomic E-state index is 12.4. The van der Waals surface area contributed by atoms with E-state index in [1.54, 1.807) is 6.07 Å². The maximum atomic E-state index is 12.4. The van der Waals surface area contributed by atoms with Crippen LogP contribution >= 0.6 is 0 Å². The molecule has 0 heterocycles. The lowest BCUT2D eigenvalue weighted by atomic mass is 10.1. The van der Waals surface area contributed by atoms with Crippen molar-refractivity contribution in [3.05, 3.63) is 28.8 Å². The summed E-state index contributed by atoms with van der Waals surface area (Å²) >= 11 is 0. The van der Waals surface area contributed by atoms with Gasteiger partial charge in [0, 0.05) is 13.1 Å². The number of aryl methyl sites for hydroxylation is 2. The molecule has 0 aliphatic rings. The van der Waals surface area contributed by atoms with Crippen LogP contribution in [-0.2, 0) is 16.6 Å². The highest BCUT2D eigenvalue weighted by Crippen LogP contribution is 2.20. The average molecular weight is 313 g/mol. The SMILES string of the molecule is Cc1cc(C)c(S(=O)(=O)NCCCCN(C)C)cc1CN. The van der Waals surface area contributed by atoms with E-state index in [0.717, 1.165) is 36.1 Å². The third-order valence-corrected chi connectivity index (χ3v) is 5.07. The Morgan fingerprint density at radius 2 is 1.81 bits per heavy atom. The topological polar surface area (TPSA) is 75.4 Å². The van der Waals surface area contributed by atoms with Crippen LogP contribution in [0, 0.1) is 13.8 Å². The fraction of sp³-hybridized carbons (Fsp3) is 0.600. The van der Waals surface area contributed by atoms with Crippen LogP contribution in [0.25, 0.3) is 0 Å². The number of rotatable bonds is 8. The zero-order valence-corrected chi connectivity index (χ0v) is 14.3. The van der Waals surface area contributed by atoms with Gasteiger partial charge in [-0.2, -0.15) is 0 Å². The first kappa shape index (κ1) is 18.1. The fourth-order valence-electron chi connectivity index (χ4n) is 2.22.